The number of hydrazone groups is 1. The second-order valence-electron chi connectivity index (χ2n) is 4.13. The van der Waals surface area contributed by atoms with E-state index in [1.165, 1.54) is 12.1 Å². The monoisotopic (exact) mass is 271 g/mol. The number of halogens is 3. The second-order valence-corrected chi connectivity index (χ2v) is 4.13. The number of carbonyl (C=O) groups excluding carboxylic acids is 1. The molecule has 7 heteroatoms. The Morgan fingerprint density at radius 3 is 2.42 bits per heavy atom. The topological polar surface area (TPSA) is 58.7 Å². The molecule has 0 saturated carbocycles. The first-order valence-corrected chi connectivity index (χ1v) is 5.68. The van der Waals surface area contributed by atoms with Crippen molar-refractivity contribution in [3.05, 3.63) is 29.8 Å². The summed E-state index contributed by atoms with van der Waals surface area (Å²) in [6.45, 7) is 0.382. The van der Waals surface area contributed by atoms with E-state index in [4.69, 9.17) is 5.73 Å². The molecule has 0 saturated heterocycles. The van der Waals surface area contributed by atoms with Gasteiger partial charge in [-0.05, 0) is 30.8 Å². The van der Waals surface area contributed by atoms with Crippen LogP contribution in [0.1, 0.15) is 18.4 Å². The van der Waals surface area contributed by atoms with Gasteiger partial charge in [-0.15, -0.1) is 0 Å². The molecular weight excluding hydrogens is 259 g/mol. The second kappa shape index (κ2) is 5.00. The number of alkyl halides is 3. The number of nitrogens with zero attached hydrogens (tertiary/aromatic N) is 2. The maximum atomic E-state index is 12.4. The van der Waals surface area contributed by atoms with E-state index in [0.29, 0.717) is 24.4 Å². The van der Waals surface area contributed by atoms with Gasteiger partial charge in [0, 0.05) is 12.1 Å². The molecule has 1 amide bonds. The fourth-order valence-electron chi connectivity index (χ4n) is 1.78. The third-order valence-electron chi connectivity index (χ3n) is 2.71. The highest BCUT2D eigenvalue weighted by atomic mass is 19.4. The molecular formula is C12H12F3N3O. The minimum atomic E-state index is -4.39. The number of nitrogens with two attached hydrogens (primary N) is 1. The first kappa shape index (κ1) is 13.5. The number of hydrogen-bond acceptors (Lipinski definition) is 3. The van der Waals surface area contributed by atoms with Crippen LogP contribution in [0.2, 0.25) is 0 Å². The van der Waals surface area contributed by atoms with Gasteiger partial charge in [0.2, 0.25) is 0 Å². The van der Waals surface area contributed by atoms with Gasteiger partial charge in [-0.25, -0.2) is 5.01 Å². The molecule has 0 spiro atoms. The molecule has 0 aliphatic carbocycles. The third-order valence-corrected chi connectivity index (χ3v) is 2.71. The van der Waals surface area contributed by atoms with Crippen LogP contribution in [0.15, 0.2) is 29.4 Å². The van der Waals surface area contributed by atoms with E-state index >= 15 is 0 Å². The van der Waals surface area contributed by atoms with Gasteiger partial charge in [0.25, 0.3) is 5.91 Å². The summed E-state index contributed by atoms with van der Waals surface area (Å²) in [5, 5.41) is 5.18. The number of anilines is 1. The van der Waals surface area contributed by atoms with Gasteiger partial charge < -0.3 is 5.73 Å². The van der Waals surface area contributed by atoms with E-state index in [1.807, 2.05) is 0 Å². The smallest absolute Gasteiger partial charge is 0.330 e. The van der Waals surface area contributed by atoms with Crippen LogP contribution >= 0.6 is 0 Å². The lowest BCUT2D eigenvalue weighted by Gasteiger charge is -2.13. The molecule has 2 N–H and O–H groups in total. The fourth-order valence-corrected chi connectivity index (χ4v) is 1.78. The van der Waals surface area contributed by atoms with Crippen LogP contribution in [-0.2, 0) is 11.0 Å². The Morgan fingerprint density at radius 1 is 1.26 bits per heavy atom. The first-order chi connectivity index (χ1) is 8.91. The maximum Gasteiger partial charge on any atom is 0.416 e. The van der Waals surface area contributed by atoms with Gasteiger partial charge in [0.05, 0.1) is 17.7 Å². The molecule has 1 aromatic rings. The van der Waals surface area contributed by atoms with Gasteiger partial charge in [-0.1, -0.05) is 0 Å². The molecule has 0 bridgehead atoms. The van der Waals surface area contributed by atoms with Crippen LogP contribution in [0, 0.1) is 0 Å². The predicted molar refractivity (Wildman–Crippen MR) is 64.7 cm³/mol. The zero-order valence-electron chi connectivity index (χ0n) is 9.94. The Labute approximate surface area is 107 Å². The van der Waals surface area contributed by atoms with Crippen molar-refractivity contribution in [2.45, 2.75) is 19.0 Å². The first-order valence-electron chi connectivity index (χ1n) is 5.68. The lowest BCUT2D eigenvalue weighted by molar-refractivity contribution is -0.137. The summed E-state index contributed by atoms with van der Waals surface area (Å²) in [5.41, 5.74) is 5.58. The third kappa shape index (κ3) is 2.93. The van der Waals surface area contributed by atoms with E-state index in [0.717, 1.165) is 17.1 Å². The molecule has 0 aromatic heterocycles. The number of amides is 1. The van der Waals surface area contributed by atoms with E-state index in [9.17, 15) is 18.0 Å². The molecule has 2 rings (SSSR count). The Bertz CT molecular complexity index is 508. The van der Waals surface area contributed by atoms with Gasteiger partial charge >= 0.3 is 6.18 Å². The van der Waals surface area contributed by atoms with Crippen molar-refractivity contribution in [1.29, 1.82) is 0 Å². The molecule has 4 nitrogen and oxygen atoms in total. The average molecular weight is 271 g/mol. The average Bonchev–Trinajstić information content (AvgIpc) is 2.70. The van der Waals surface area contributed by atoms with E-state index in [-0.39, 0.29) is 12.3 Å². The van der Waals surface area contributed by atoms with E-state index in [2.05, 4.69) is 5.10 Å². The van der Waals surface area contributed by atoms with Gasteiger partial charge in [-0.2, -0.15) is 18.3 Å². The standard InChI is InChI=1S/C12H12F3N3O/c13-12(14,15)8-1-3-10(4-2-8)18-11(19)7-9(17-18)5-6-16/h1-4H,5-7,16H2. The van der Waals surface area contributed by atoms with Crippen molar-refractivity contribution in [2.75, 3.05) is 11.6 Å². The van der Waals surface area contributed by atoms with Crippen molar-refractivity contribution in [2.24, 2.45) is 10.8 Å². The van der Waals surface area contributed by atoms with E-state index < -0.39 is 11.7 Å². The molecule has 0 radical (unpaired) electrons. The van der Waals surface area contributed by atoms with Gasteiger partial charge in [0.1, 0.15) is 0 Å². The van der Waals surface area contributed by atoms with Crippen LogP contribution in [-0.4, -0.2) is 18.2 Å². The SMILES string of the molecule is NCCC1=NN(c2ccc(C(F)(F)F)cc2)C(=O)C1. The molecule has 1 aromatic carbocycles. The highest BCUT2D eigenvalue weighted by Gasteiger charge is 2.31. The lowest BCUT2D eigenvalue weighted by atomic mass is 10.2. The summed E-state index contributed by atoms with van der Waals surface area (Å²) in [6.07, 6.45) is -3.72. The summed E-state index contributed by atoms with van der Waals surface area (Å²) in [6, 6.07) is 4.32. The number of benzene rings is 1. The zero-order chi connectivity index (χ0) is 14.0. The molecule has 1 aliphatic rings. The number of hydrogen-bond donors (Lipinski definition) is 1. The Kier molecular flexibility index (Phi) is 3.57. The molecule has 0 unspecified atom stereocenters. The van der Waals surface area contributed by atoms with Crippen molar-refractivity contribution in [1.82, 2.24) is 0 Å². The minimum absolute atomic E-state index is 0.165. The molecule has 1 aliphatic heterocycles. The Balaban J connectivity index is 2.21. The quantitative estimate of drug-likeness (QED) is 0.915. The molecule has 0 atom stereocenters. The minimum Gasteiger partial charge on any atom is -0.330 e. The van der Waals surface area contributed by atoms with Gasteiger partial charge in [-0.3, -0.25) is 4.79 Å². The van der Waals surface area contributed by atoms with Crippen molar-refractivity contribution >= 4 is 17.3 Å². The van der Waals surface area contributed by atoms with Crippen molar-refractivity contribution in [3.8, 4) is 0 Å². The molecule has 0 fully saturated rings. The fraction of sp³-hybridized carbons (Fsp3) is 0.333. The predicted octanol–water partition coefficient (Wildman–Crippen LogP) is 2.15. The van der Waals surface area contributed by atoms with Crippen molar-refractivity contribution in [3.63, 3.8) is 0 Å². The van der Waals surface area contributed by atoms with Crippen molar-refractivity contribution < 1.29 is 18.0 Å². The molecule has 102 valence electrons. The molecule has 1 heterocycles. The summed E-state index contributed by atoms with van der Waals surface area (Å²) in [5.74, 6) is -0.261. The highest BCUT2D eigenvalue weighted by molar-refractivity contribution is 6.12. The van der Waals surface area contributed by atoms with Crippen LogP contribution < -0.4 is 10.7 Å². The lowest BCUT2D eigenvalue weighted by Crippen LogP contribution is -2.19. The maximum absolute atomic E-state index is 12.4. The summed E-state index contributed by atoms with van der Waals surface area (Å²) >= 11 is 0. The zero-order valence-corrected chi connectivity index (χ0v) is 9.94. The van der Waals surface area contributed by atoms with Crippen LogP contribution in [0.25, 0.3) is 0 Å². The Hall–Kier alpha value is -1.89. The number of carbonyl (C=O) groups is 1. The van der Waals surface area contributed by atoms with Crippen LogP contribution in [0.5, 0.6) is 0 Å². The van der Waals surface area contributed by atoms with Gasteiger partial charge in [0.15, 0.2) is 0 Å². The normalized spacial score (nSPS) is 15.9. The Morgan fingerprint density at radius 2 is 1.89 bits per heavy atom. The van der Waals surface area contributed by atoms with Crippen LogP contribution in [0.3, 0.4) is 0 Å². The van der Waals surface area contributed by atoms with Crippen LogP contribution in [0.4, 0.5) is 18.9 Å². The largest absolute Gasteiger partial charge is 0.416 e. The molecule has 19 heavy (non-hydrogen) atoms. The summed E-state index contributed by atoms with van der Waals surface area (Å²) in [4.78, 5) is 11.7. The summed E-state index contributed by atoms with van der Waals surface area (Å²) in [7, 11) is 0. The number of rotatable bonds is 3. The highest BCUT2D eigenvalue weighted by Crippen LogP contribution is 2.31. The summed E-state index contributed by atoms with van der Waals surface area (Å²) < 4.78 is 37.2. The van der Waals surface area contributed by atoms with E-state index in [1.54, 1.807) is 0 Å².